The molecule has 0 bridgehead atoms. The van der Waals surface area contributed by atoms with Crippen LogP contribution in [-0.2, 0) is 19.8 Å². The van der Waals surface area contributed by atoms with Crippen molar-refractivity contribution < 1.29 is 19.3 Å². The fourth-order valence-electron chi connectivity index (χ4n) is 4.35. The Kier molecular flexibility index (Phi) is 4.63. The van der Waals surface area contributed by atoms with Gasteiger partial charge in [0.25, 0.3) is 0 Å². The zero-order valence-electron chi connectivity index (χ0n) is 16.6. The predicted molar refractivity (Wildman–Crippen MR) is 111 cm³/mol. The second-order valence-electron chi connectivity index (χ2n) is 8.29. The molecule has 2 fully saturated rings. The molecule has 1 N–H and O–H groups in total. The quantitative estimate of drug-likeness (QED) is 0.607. The predicted octanol–water partition coefficient (Wildman–Crippen LogP) is 4.06. The number of benzene rings is 1. The molecule has 4 heterocycles. The van der Waals surface area contributed by atoms with Gasteiger partial charge in [0.05, 0.1) is 5.39 Å². The normalized spacial score (nSPS) is 29.8. The van der Waals surface area contributed by atoms with Crippen LogP contribution in [0.15, 0.2) is 42.9 Å². The minimum atomic E-state index is -1.35. The first-order chi connectivity index (χ1) is 14.2. The first-order valence-electron chi connectivity index (χ1n) is 9.64. The van der Waals surface area contributed by atoms with Crippen LogP contribution >= 0.6 is 23.2 Å². The molecule has 2 saturated heterocycles. The molecule has 2 aromatic heterocycles. The van der Waals surface area contributed by atoms with E-state index in [4.69, 9.17) is 37.4 Å². The van der Waals surface area contributed by atoms with E-state index in [1.807, 2.05) is 30.7 Å². The van der Waals surface area contributed by atoms with Crippen LogP contribution in [0.4, 0.5) is 0 Å². The first kappa shape index (κ1) is 20.2. The number of halogens is 2. The molecule has 2 aliphatic rings. The zero-order valence-corrected chi connectivity index (χ0v) is 18.1. The van der Waals surface area contributed by atoms with Gasteiger partial charge in [0.1, 0.15) is 41.0 Å². The van der Waals surface area contributed by atoms with Gasteiger partial charge in [-0.1, -0.05) is 35.3 Å². The Bertz CT molecular complexity index is 1100. The molecule has 5 atom stereocenters. The van der Waals surface area contributed by atoms with Crippen molar-refractivity contribution in [3.63, 3.8) is 0 Å². The molecule has 2 aliphatic heterocycles. The summed E-state index contributed by atoms with van der Waals surface area (Å²) < 4.78 is 20.6. The number of aliphatic hydroxyl groups is 1. The molecule has 0 saturated carbocycles. The highest BCUT2D eigenvalue weighted by Crippen LogP contribution is 2.48. The molecule has 158 valence electrons. The van der Waals surface area contributed by atoms with Crippen molar-refractivity contribution >= 4 is 34.2 Å². The summed E-state index contributed by atoms with van der Waals surface area (Å²) in [6.07, 6.45) is 1.04. The van der Waals surface area contributed by atoms with Crippen molar-refractivity contribution in [1.82, 2.24) is 14.5 Å². The first-order valence-corrected chi connectivity index (χ1v) is 10.4. The van der Waals surface area contributed by atoms with E-state index in [0.29, 0.717) is 26.8 Å². The van der Waals surface area contributed by atoms with E-state index in [-0.39, 0.29) is 0 Å². The van der Waals surface area contributed by atoms with E-state index < -0.39 is 35.9 Å². The molecule has 0 radical (unpaired) electrons. The van der Waals surface area contributed by atoms with E-state index in [2.05, 4.69) is 9.97 Å². The summed E-state index contributed by atoms with van der Waals surface area (Å²) in [5.74, 6) is -0.818. The number of rotatable bonds is 3. The van der Waals surface area contributed by atoms with Gasteiger partial charge in [-0.3, -0.25) is 0 Å². The Labute approximate surface area is 183 Å². The topological polar surface area (TPSA) is 78.6 Å². The lowest BCUT2D eigenvalue weighted by Crippen LogP contribution is -2.45. The lowest BCUT2D eigenvalue weighted by molar-refractivity contribution is -0.221. The smallest absolute Gasteiger partial charge is 0.164 e. The van der Waals surface area contributed by atoms with Gasteiger partial charge in [0, 0.05) is 11.2 Å². The number of hydrogen-bond acceptors (Lipinski definition) is 6. The Morgan fingerprint density at radius 2 is 1.77 bits per heavy atom. The van der Waals surface area contributed by atoms with Gasteiger partial charge >= 0.3 is 0 Å². The van der Waals surface area contributed by atoms with Gasteiger partial charge < -0.3 is 23.9 Å². The maximum Gasteiger partial charge on any atom is 0.164 e. The summed E-state index contributed by atoms with van der Waals surface area (Å²) in [5.41, 5.74) is -0.0482. The van der Waals surface area contributed by atoms with Crippen LogP contribution < -0.4 is 0 Å². The molecule has 0 spiro atoms. The third-order valence-electron chi connectivity index (χ3n) is 5.75. The highest BCUT2D eigenvalue weighted by Gasteiger charge is 2.60. The number of ether oxygens (including phenoxy) is 3. The van der Waals surface area contributed by atoms with Crippen molar-refractivity contribution in [2.45, 2.75) is 56.7 Å². The van der Waals surface area contributed by atoms with Crippen molar-refractivity contribution in [3.05, 3.63) is 58.6 Å². The van der Waals surface area contributed by atoms with Crippen LogP contribution in [0.3, 0.4) is 0 Å². The van der Waals surface area contributed by atoms with Gasteiger partial charge in [-0.25, -0.2) is 9.97 Å². The van der Waals surface area contributed by atoms with E-state index in [1.54, 1.807) is 31.2 Å². The second-order valence-corrected chi connectivity index (χ2v) is 9.09. The summed E-state index contributed by atoms with van der Waals surface area (Å²) in [6, 6.07) is 8.88. The van der Waals surface area contributed by atoms with Crippen LogP contribution in [0.1, 0.15) is 32.6 Å². The van der Waals surface area contributed by atoms with Gasteiger partial charge in [-0.15, -0.1) is 0 Å². The molecular weight excluding hydrogens is 429 g/mol. The lowest BCUT2D eigenvalue weighted by Gasteiger charge is -2.34. The Morgan fingerprint density at radius 3 is 2.50 bits per heavy atom. The van der Waals surface area contributed by atoms with Gasteiger partial charge in [0.15, 0.2) is 12.0 Å². The molecule has 0 amide bonds. The fourth-order valence-corrected chi connectivity index (χ4v) is 4.67. The molecule has 30 heavy (non-hydrogen) atoms. The van der Waals surface area contributed by atoms with E-state index in [9.17, 15) is 5.11 Å². The minimum Gasteiger partial charge on any atom is -0.383 e. The number of hydrogen-bond donors (Lipinski definition) is 1. The number of fused-ring (bicyclic) bond motifs is 2. The molecule has 9 heteroatoms. The third-order valence-corrected chi connectivity index (χ3v) is 6.30. The SMILES string of the molecule is CC1(C)O[C@@H]2[C@H](O1)[C@@H](C(C)(O)c1ccc(Cl)cc1)O[C@H]2n1ccc2c(Cl)ncnc21. The molecule has 5 rings (SSSR count). The van der Waals surface area contributed by atoms with Crippen LogP contribution in [0.25, 0.3) is 11.0 Å². The Hall–Kier alpha value is -1.74. The number of aromatic nitrogens is 3. The fraction of sp³-hybridized carbons (Fsp3) is 0.429. The van der Waals surface area contributed by atoms with E-state index in [0.717, 1.165) is 0 Å². The second kappa shape index (κ2) is 6.88. The summed E-state index contributed by atoms with van der Waals surface area (Å²) in [6.45, 7) is 5.41. The van der Waals surface area contributed by atoms with Crippen molar-refractivity contribution in [2.75, 3.05) is 0 Å². The molecule has 7 nitrogen and oxygen atoms in total. The third kappa shape index (κ3) is 3.12. The summed E-state index contributed by atoms with van der Waals surface area (Å²) in [7, 11) is 0. The summed E-state index contributed by atoms with van der Waals surface area (Å²) in [4.78, 5) is 8.40. The van der Waals surface area contributed by atoms with Crippen LogP contribution in [0.5, 0.6) is 0 Å². The van der Waals surface area contributed by atoms with Crippen LogP contribution in [0, 0.1) is 0 Å². The average Bonchev–Trinajstić information content (AvgIpc) is 3.33. The average molecular weight is 450 g/mol. The highest BCUT2D eigenvalue weighted by atomic mass is 35.5. The molecule has 1 aromatic carbocycles. The van der Waals surface area contributed by atoms with Gasteiger partial charge in [0.2, 0.25) is 0 Å². The van der Waals surface area contributed by atoms with Crippen molar-refractivity contribution in [2.24, 2.45) is 0 Å². The van der Waals surface area contributed by atoms with Gasteiger partial charge in [-0.2, -0.15) is 0 Å². The summed E-state index contributed by atoms with van der Waals surface area (Å²) in [5, 5.41) is 13.2. The zero-order chi connectivity index (χ0) is 21.3. The van der Waals surface area contributed by atoms with Gasteiger partial charge in [-0.05, 0) is 44.5 Å². The molecule has 0 aliphatic carbocycles. The highest BCUT2D eigenvalue weighted by molar-refractivity contribution is 6.33. The van der Waals surface area contributed by atoms with E-state index >= 15 is 0 Å². The number of nitrogens with zero attached hydrogens (tertiary/aromatic N) is 3. The lowest BCUT2D eigenvalue weighted by atomic mass is 9.87. The van der Waals surface area contributed by atoms with Crippen LogP contribution in [0.2, 0.25) is 10.2 Å². The van der Waals surface area contributed by atoms with E-state index in [1.165, 1.54) is 6.33 Å². The summed E-state index contributed by atoms with van der Waals surface area (Å²) >= 11 is 12.2. The molecule has 1 unspecified atom stereocenters. The maximum atomic E-state index is 11.5. The molecular formula is C21H21Cl2N3O4. The van der Waals surface area contributed by atoms with Crippen molar-refractivity contribution in [1.29, 1.82) is 0 Å². The minimum absolute atomic E-state index is 0.363. The molecule has 3 aromatic rings. The standard InChI is InChI=1S/C21H21Cl2N3O4/c1-20(2)29-14-15(30-20)19(26-9-8-13-17(23)24-10-25-18(13)26)28-16(14)21(3,27)11-4-6-12(22)7-5-11/h4-10,14-16,19,27H,1-3H3/t14-,15+,16-,19+,21?/m0/s1. The largest absolute Gasteiger partial charge is 0.383 e. The Morgan fingerprint density at radius 1 is 1.07 bits per heavy atom. The maximum absolute atomic E-state index is 11.5. The van der Waals surface area contributed by atoms with Crippen LogP contribution in [-0.4, -0.2) is 43.7 Å². The van der Waals surface area contributed by atoms with Crippen molar-refractivity contribution in [3.8, 4) is 0 Å². The Balaban J connectivity index is 1.57. The monoisotopic (exact) mass is 449 g/mol.